The van der Waals surface area contributed by atoms with E-state index in [2.05, 4.69) is 365 Å². The average molecular weight is 1300 g/mol. The zero-order valence-electron chi connectivity index (χ0n) is 54.7. The molecule has 0 amide bonds. The minimum Gasteiger partial charge on any atom is -0.310 e. The monoisotopic (exact) mass is 1300 g/mol. The van der Waals surface area contributed by atoms with Crippen LogP contribution in [0.4, 0.5) is 34.1 Å². The summed E-state index contributed by atoms with van der Waals surface area (Å²) in [5, 5.41) is 10.7. The van der Waals surface area contributed by atoms with Crippen LogP contribution in [0.3, 0.4) is 0 Å². The van der Waals surface area contributed by atoms with Crippen LogP contribution < -0.4 is 20.2 Å². The highest BCUT2D eigenvalue weighted by Crippen LogP contribution is 2.59. The van der Waals surface area contributed by atoms with E-state index in [4.69, 9.17) is 0 Å². The molecule has 2 aliphatic rings. The van der Waals surface area contributed by atoms with Gasteiger partial charge in [-0.1, -0.05) is 280 Å². The summed E-state index contributed by atoms with van der Waals surface area (Å²) in [6.07, 6.45) is 0. The number of benzene rings is 14. The van der Waals surface area contributed by atoms with E-state index in [0.29, 0.717) is 0 Å². The van der Waals surface area contributed by atoms with Crippen LogP contribution >= 0.6 is 22.7 Å². The molecule has 16 aromatic rings. The van der Waals surface area contributed by atoms with Crippen LogP contribution in [0.25, 0.3) is 73.4 Å². The van der Waals surface area contributed by atoms with E-state index in [1.54, 1.807) is 0 Å². The Balaban J connectivity index is 0.767. The van der Waals surface area contributed by atoms with Gasteiger partial charge in [-0.2, -0.15) is 0 Å². The summed E-state index contributed by atoms with van der Waals surface area (Å²) in [7, 11) is -3.18. The smallest absolute Gasteiger partial charge is 0.0775 e. The third-order valence-electron chi connectivity index (χ3n) is 20.9. The highest BCUT2D eigenvalue weighted by atomic mass is 32.1. The summed E-state index contributed by atoms with van der Waals surface area (Å²) in [4.78, 5) is 4.99. The highest BCUT2D eigenvalue weighted by Gasteiger charge is 2.48. The molecule has 14 aromatic carbocycles. The molecule has 0 N–H and O–H groups in total. The van der Waals surface area contributed by atoms with Gasteiger partial charge in [-0.05, 0) is 162 Å². The summed E-state index contributed by atoms with van der Waals surface area (Å²) >= 11 is 3.80. The molecule has 2 nitrogen and oxygen atoms in total. The standard InChI is InChI=1S/C90H70N2S2Si2/c1-95(2,3)69-45-39-63(40-46-69)91(65-29-21-27-61(55-65)89(59-23-9-7-10-24-59)79-35-17-13-31-71(79)72-32-14-18-36-80(72)89)67-43-49-77-85(57-67)93-83-53-51-76-75(87(77)83)52-54-84-88(76)78-50-44-68(58-86(78)94-84)92(64-41-47-70(48-42-64)96(4,5)6)66-30-22-28-62(56-66)90(60-25-11-8-12-26-60)81-37-19-15-33-73(81)74-34-16-20-38-82(74)90/h7-58H,1-6H3. The van der Waals surface area contributed by atoms with Gasteiger partial charge in [0.2, 0.25) is 0 Å². The third-order valence-corrected chi connectivity index (χ3v) is 27.3. The molecule has 0 spiro atoms. The van der Waals surface area contributed by atoms with Crippen molar-refractivity contribution in [1.29, 1.82) is 0 Å². The van der Waals surface area contributed by atoms with Gasteiger partial charge in [0.25, 0.3) is 0 Å². The minimum absolute atomic E-state index is 0.520. The van der Waals surface area contributed by atoms with Crippen LogP contribution in [0.5, 0.6) is 0 Å². The van der Waals surface area contributed by atoms with Crippen LogP contribution in [-0.2, 0) is 10.8 Å². The van der Waals surface area contributed by atoms with Crippen LogP contribution in [0.2, 0.25) is 39.3 Å². The van der Waals surface area contributed by atoms with E-state index in [1.807, 2.05) is 22.7 Å². The van der Waals surface area contributed by atoms with Gasteiger partial charge in [0.1, 0.15) is 0 Å². The average Bonchev–Trinajstić information content (AvgIpc) is 1.52. The predicted octanol–water partition coefficient (Wildman–Crippen LogP) is 24.3. The van der Waals surface area contributed by atoms with Gasteiger partial charge in [-0.25, -0.2) is 0 Å². The molecule has 0 bridgehead atoms. The zero-order chi connectivity index (χ0) is 64.7. The van der Waals surface area contributed by atoms with Gasteiger partial charge in [-0.3, -0.25) is 0 Å². The zero-order valence-corrected chi connectivity index (χ0v) is 58.4. The Morgan fingerprint density at radius 1 is 0.240 bits per heavy atom. The number of hydrogen-bond acceptors (Lipinski definition) is 4. The number of hydrogen-bond donors (Lipinski definition) is 0. The van der Waals surface area contributed by atoms with E-state index in [1.165, 1.54) is 128 Å². The van der Waals surface area contributed by atoms with Crippen molar-refractivity contribution in [2.75, 3.05) is 9.80 Å². The number of anilines is 6. The first-order valence-corrected chi connectivity index (χ1v) is 42.3. The Morgan fingerprint density at radius 2 is 0.542 bits per heavy atom. The molecular weight excluding hydrogens is 1230 g/mol. The second-order valence-electron chi connectivity index (χ2n) is 28.3. The van der Waals surface area contributed by atoms with Gasteiger partial charge < -0.3 is 9.80 Å². The fraction of sp³-hybridized carbons (Fsp3) is 0.0889. The number of nitrogens with zero attached hydrogens (tertiary/aromatic N) is 2. The second-order valence-corrected chi connectivity index (χ2v) is 40.6. The quantitative estimate of drug-likeness (QED) is 0.113. The van der Waals surface area contributed by atoms with E-state index < -0.39 is 27.0 Å². The van der Waals surface area contributed by atoms with Gasteiger partial charge in [0.05, 0.1) is 27.0 Å². The Morgan fingerprint density at radius 3 is 0.896 bits per heavy atom. The summed E-state index contributed by atoms with van der Waals surface area (Å²) < 4.78 is 5.13. The third kappa shape index (κ3) is 8.92. The molecule has 6 heteroatoms. The summed E-state index contributed by atoms with van der Waals surface area (Å²) in [5.41, 5.74) is 21.2. The maximum atomic E-state index is 2.50. The maximum absolute atomic E-state index is 2.50. The molecule has 0 saturated carbocycles. The SMILES string of the molecule is C[Si](C)(C)c1ccc(N(c2cccc(C3(c4ccccc4)c4ccccc4-c4ccccc43)c2)c2ccc3c(c2)sc2ccc4c(ccc5sc6cc(N(c7ccc([Si](C)(C)C)cc7)c7cccc(C8(c9ccccc9)c9ccccc9-c9ccccc98)c7)ccc6c54)c23)cc1. The summed E-state index contributed by atoms with van der Waals surface area (Å²) in [5.74, 6) is 0. The lowest BCUT2D eigenvalue weighted by molar-refractivity contribution is 0.768. The first-order chi connectivity index (χ1) is 46.8. The van der Waals surface area contributed by atoms with Crippen molar-refractivity contribution in [1.82, 2.24) is 0 Å². The lowest BCUT2D eigenvalue weighted by Crippen LogP contribution is -2.37. The molecule has 0 fully saturated rings. The van der Waals surface area contributed by atoms with Crippen molar-refractivity contribution in [2.24, 2.45) is 0 Å². The van der Waals surface area contributed by atoms with Crippen molar-refractivity contribution in [3.05, 3.63) is 360 Å². The second kappa shape index (κ2) is 22.2. The molecular formula is C90H70N2S2Si2. The van der Waals surface area contributed by atoms with Gasteiger partial charge >= 0.3 is 0 Å². The molecule has 2 aliphatic carbocycles. The summed E-state index contributed by atoms with van der Waals surface area (Å²) in [6.45, 7) is 14.6. The lowest BCUT2D eigenvalue weighted by atomic mass is 9.67. The molecule has 0 saturated heterocycles. The molecule has 460 valence electrons. The molecule has 0 unspecified atom stereocenters. The summed E-state index contributed by atoms with van der Waals surface area (Å²) in [6, 6.07) is 120. The van der Waals surface area contributed by atoms with Crippen molar-refractivity contribution in [3.63, 3.8) is 0 Å². The predicted molar refractivity (Wildman–Crippen MR) is 420 cm³/mol. The van der Waals surface area contributed by atoms with Crippen molar-refractivity contribution < 1.29 is 0 Å². The lowest BCUT2D eigenvalue weighted by Gasteiger charge is -2.35. The van der Waals surface area contributed by atoms with E-state index in [9.17, 15) is 0 Å². The number of rotatable bonds is 12. The van der Waals surface area contributed by atoms with Crippen LogP contribution in [-0.4, -0.2) is 16.1 Å². The topological polar surface area (TPSA) is 6.48 Å². The molecule has 2 aromatic heterocycles. The van der Waals surface area contributed by atoms with Gasteiger partial charge in [-0.15, -0.1) is 22.7 Å². The van der Waals surface area contributed by atoms with Crippen molar-refractivity contribution in [2.45, 2.75) is 50.1 Å². The fourth-order valence-electron chi connectivity index (χ4n) is 16.5. The molecule has 0 atom stereocenters. The molecule has 2 heterocycles. The number of thiophene rings is 2. The van der Waals surface area contributed by atoms with E-state index in [-0.39, 0.29) is 0 Å². The Labute approximate surface area is 572 Å². The Hall–Kier alpha value is -10.2. The first kappa shape index (κ1) is 58.4. The Kier molecular flexibility index (Phi) is 13.5. The normalized spacial score (nSPS) is 13.7. The van der Waals surface area contributed by atoms with Gasteiger partial charge in [0, 0.05) is 74.5 Å². The maximum Gasteiger partial charge on any atom is 0.0775 e. The van der Waals surface area contributed by atoms with E-state index in [0.717, 1.165) is 34.1 Å². The van der Waals surface area contributed by atoms with Gasteiger partial charge in [0.15, 0.2) is 0 Å². The fourth-order valence-corrected chi connectivity index (χ4v) is 21.1. The van der Waals surface area contributed by atoms with Crippen LogP contribution in [0.1, 0.15) is 44.5 Å². The molecule has 96 heavy (non-hydrogen) atoms. The first-order valence-electron chi connectivity index (χ1n) is 33.6. The molecule has 0 aliphatic heterocycles. The Bertz CT molecular complexity index is 5310. The van der Waals surface area contributed by atoms with Crippen molar-refractivity contribution >= 4 is 134 Å². The molecule has 0 radical (unpaired) electrons. The van der Waals surface area contributed by atoms with E-state index >= 15 is 0 Å². The van der Waals surface area contributed by atoms with Crippen LogP contribution in [0.15, 0.2) is 315 Å². The minimum atomic E-state index is -1.59. The van der Waals surface area contributed by atoms with Crippen molar-refractivity contribution in [3.8, 4) is 22.3 Å². The highest BCUT2D eigenvalue weighted by molar-refractivity contribution is 7.26. The number of fused-ring (bicyclic) bond motifs is 15. The van der Waals surface area contributed by atoms with Crippen LogP contribution in [0, 0.1) is 0 Å². The molecule has 18 rings (SSSR count). The largest absolute Gasteiger partial charge is 0.310 e.